The number of hydrogen-bond donors (Lipinski definition) is 1. The topological polar surface area (TPSA) is 90.6 Å². The zero-order chi connectivity index (χ0) is 27.4. The summed E-state index contributed by atoms with van der Waals surface area (Å²) in [6, 6.07) is 17.6. The van der Waals surface area contributed by atoms with E-state index in [0.717, 1.165) is 6.07 Å². The normalized spacial score (nSPS) is 20.1. The summed E-state index contributed by atoms with van der Waals surface area (Å²) < 4.78 is 20.2. The van der Waals surface area contributed by atoms with Crippen LogP contribution >= 0.6 is 23.2 Å². The Balaban J connectivity index is 1.87. The lowest BCUT2D eigenvalue weighted by atomic mass is 9.88. The molecule has 1 aliphatic rings. The largest absolute Gasteiger partial charge is 0.480 e. The van der Waals surface area contributed by atoms with E-state index in [2.05, 4.69) is 0 Å². The number of carbonyl (C=O) groups excluding carboxylic acids is 1. The average Bonchev–Trinajstić information content (AvgIpc) is 2.90. The van der Waals surface area contributed by atoms with Crippen molar-refractivity contribution in [2.45, 2.75) is 50.5 Å². The Morgan fingerprint density at radius 3 is 2.24 bits per heavy atom. The van der Waals surface area contributed by atoms with Crippen LogP contribution in [0, 0.1) is 17.1 Å². The number of morpholine rings is 1. The maximum Gasteiger partial charge on any atom is 0.326 e. The molecule has 38 heavy (non-hydrogen) atoms. The van der Waals surface area contributed by atoms with E-state index >= 15 is 0 Å². The number of carbonyl (C=O) groups is 2. The second-order valence-electron chi connectivity index (χ2n) is 9.10. The smallest absolute Gasteiger partial charge is 0.326 e. The first-order valence-electron chi connectivity index (χ1n) is 12.1. The zero-order valence-electron chi connectivity index (χ0n) is 20.5. The van der Waals surface area contributed by atoms with Gasteiger partial charge in [0.1, 0.15) is 24.1 Å². The van der Waals surface area contributed by atoms with Crippen LogP contribution in [0.1, 0.15) is 54.2 Å². The van der Waals surface area contributed by atoms with Gasteiger partial charge in [0.2, 0.25) is 0 Å². The van der Waals surface area contributed by atoms with Gasteiger partial charge in [-0.05, 0) is 59.5 Å². The van der Waals surface area contributed by atoms with Crippen LogP contribution in [0.4, 0.5) is 4.39 Å². The Bertz CT molecular complexity index is 1360. The highest BCUT2D eigenvalue weighted by Crippen LogP contribution is 2.44. The molecule has 9 heteroatoms. The molecule has 0 radical (unpaired) electrons. The van der Waals surface area contributed by atoms with E-state index in [4.69, 9.17) is 27.9 Å². The molecule has 3 aromatic carbocycles. The number of halogens is 3. The van der Waals surface area contributed by atoms with Crippen molar-refractivity contribution in [3.05, 3.63) is 105 Å². The third-order valence-electron chi connectivity index (χ3n) is 6.62. The molecule has 1 aliphatic heterocycles. The fourth-order valence-electron chi connectivity index (χ4n) is 4.84. The molecule has 0 spiro atoms. The minimum atomic E-state index is -1.13. The molecule has 1 heterocycles. The van der Waals surface area contributed by atoms with E-state index in [9.17, 15) is 24.3 Å². The molecular formula is C29H25Cl2FN2O4. The number of benzene rings is 3. The molecule has 0 bridgehead atoms. The third-order valence-corrected chi connectivity index (χ3v) is 7.12. The predicted octanol–water partition coefficient (Wildman–Crippen LogP) is 6.51. The molecule has 1 saturated heterocycles. The molecule has 4 unspecified atom stereocenters. The summed E-state index contributed by atoms with van der Waals surface area (Å²) in [4.78, 5) is 27.9. The number of aliphatic carboxylic acids is 1. The van der Waals surface area contributed by atoms with Crippen molar-refractivity contribution in [1.29, 1.82) is 5.26 Å². The van der Waals surface area contributed by atoms with Gasteiger partial charge in [0.05, 0.1) is 17.7 Å². The van der Waals surface area contributed by atoms with Gasteiger partial charge in [-0.25, -0.2) is 9.18 Å². The van der Waals surface area contributed by atoms with Crippen molar-refractivity contribution in [3.63, 3.8) is 0 Å². The molecule has 1 amide bonds. The highest BCUT2D eigenvalue weighted by Gasteiger charge is 2.48. The second-order valence-corrected chi connectivity index (χ2v) is 9.97. The monoisotopic (exact) mass is 554 g/mol. The maximum absolute atomic E-state index is 14.0. The zero-order valence-corrected chi connectivity index (χ0v) is 22.0. The maximum atomic E-state index is 14.0. The molecular weight excluding hydrogens is 530 g/mol. The lowest BCUT2D eigenvalue weighted by Crippen LogP contribution is -2.57. The van der Waals surface area contributed by atoms with Crippen LogP contribution in [-0.2, 0) is 20.7 Å². The summed E-state index contributed by atoms with van der Waals surface area (Å²) in [6.45, 7) is 1.85. The van der Waals surface area contributed by atoms with E-state index in [1.807, 2.05) is 13.0 Å². The minimum Gasteiger partial charge on any atom is -0.480 e. The molecule has 0 aromatic heterocycles. The molecule has 6 nitrogen and oxygen atoms in total. The average molecular weight is 555 g/mol. The van der Waals surface area contributed by atoms with Crippen molar-refractivity contribution in [2.24, 2.45) is 0 Å². The van der Waals surface area contributed by atoms with Gasteiger partial charge in [-0.3, -0.25) is 4.79 Å². The first-order chi connectivity index (χ1) is 18.2. The van der Waals surface area contributed by atoms with Gasteiger partial charge in [0.25, 0.3) is 5.91 Å². The van der Waals surface area contributed by atoms with Gasteiger partial charge in [0.15, 0.2) is 0 Å². The first-order valence-corrected chi connectivity index (χ1v) is 12.9. The van der Waals surface area contributed by atoms with Crippen LogP contribution in [0.3, 0.4) is 0 Å². The Morgan fingerprint density at radius 1 is 1.08 bits per heavy atom. The number of amides is 1. The Morgan fingerprint density at radius 2 is 1.68 bits per heavy atom. The van der Waals surface area contributed by atoms with Gasteiger partial charge in [-0.15, -0.1) is 0 Å². The van der Waals surface area contributed by atoms with Crippen LogP contribution in [0.2, 0.25) is 10.0 Å². The summed E-state index contributed by atoms with van der Waals surface area (Å²) in [7, 11) is 0. The third kappa shape index (κ3) is 5.83. The Labute approximate surface area is 230 Å². The van der Waals surface area contributed by atoms with Crippen molar-refractivity contribution in [2.75, 3.05) is 0 Å². The first kappa shape index (κ1) is 27.6. The van der Waals surface area contributed by atoms with E-state index < -0.39 is 42.0 Å². The van der Waals surface area contributed by atoms with E-state index in [1.165, 1.54) is 17.0 Å². The molecule has 4 rings (SSSR count). The summed E-state index contributed by atoms with van der Waals surface area (Å²) in [5.74, 6) is -2.23. The summed E-state index contributed by atoms with van der Waals surface area (Å²) in [6.07, 6.45) is -1.15. The Hall–Kier alpha value is -3.44. The molecule has 196 valence electrons. The lowest BCUT2D eigenvalue weighted by molar-refractivity contribution is -0.184. The fraction of sp³-hybridized carbons (Fsp3) is 0.276. The molecule has 0 saturated carbocycles. The highest BCUT2D eigenvalue weighted by molar-refractivity contribution is 6.30. The standard InChI is InChI=1S/C29H25Cl2FN2O4/c1-2-3-24(29(36)37)34-26(17-4-9-21(30)10-5-17)27(18-6-11-22(31)12-7-18)38-25(28(34)35)15-19-8-13-23(32)14-20(19)16-33/h4-14,24-27H,2-3,15H2,1H3,(H,36,37). The van der Waals surface area contributed by atoms with Crippen LogP contribution in [-0.4, -0.2) is 34.0 Å². The molecule has 0 aliphatic carbocycles. The molecule has 1 N–H and O–H groups in total. The van der Waals surface area contributed by atoms with Crippen molar-refractivity contribution in [1.82, 2.24) is 4.90 Å². The van der Waals surface area contributed by atoms with E-state index in [0.29, 0.717) is 33.2 Å². The van der Waals surface area contributed by atoms with Gasteiger partial charge in [-0.2, -0.15) is 5.26 Å². The number of hydrogen-bond acceptors (Lipinski definition) is 4. The van der Waals surface area contributed by atoms with Gasteiger partial charge >= 0.3 is 5.97 Å². The number of nitriles is 1. The van der Waals surface area contributed by atoms with Gasteiger partial charge < -0.3 is 14.7 Å². The Kier molecular flexibility index (Phi) is 8.68. The van der Waals surface area contributed by atoms with Gasteiger partial charge in [-0.1, -0.05) is 66.9 Å². The second kappa shape index (κ2) is 12.0. The van der Waals surface area contributed by atoms with Crippen LogP contribution in [0.5, 0.6) is 0 Å². The highest BCUT2D eigenvalue weighted by atomic mass is 35.5. The number of carboxylic acids is 1. The molecule has 3 aromatic rings. The SMILES string of the molecule is CCCC(C(=O)O)N1C(=O)C(Cc2ccc(F)cc2C#N)OC(c2ccc(Cl)cc2)C1c1ccc(Cl)cc1. The molecule has 1 fully saturated rings. The van der Waals surface area contributed by atoms with Crippen molar-refractivity contribution >= 4 is 35.1 Å². The number of ether oxygens (including phenoxy) is 1. The summed E-state index contributed by atoms with van der Waals surface area (Å²) in [5.41, 5.74) is 1.86. The van der Waals surface area contributed by atoms with Crippen LogP contribution in [0.25, 0.3) is 0 Å². The van der Waals surface area contributed by atoms with Crippen LogP contribution < -0.4 is 0 Å². The van der Waals surface area contributed by atoms with Gasteiger partial charge in [0, 0.05) is 16.5 Å². The number of nitrogens with zero attached hydrogens (tertiary/aromatic N) is 2. The quantitative estimate of drug-likeness (QED) is 0.342. The number of carboxylic acid groups (broad SMARTS) is 1. The van der Waals surface area contributed by atoms with E-state index in [-0.39, 0.29) is 18.4 Å². The van der Waals surface area contributed by atoms with E-state index in [1.54, 1.807) is 48.5 Å². The van der Waals surface area contributed by atoms with Crippen molar-refractivity contribution in [3.8, 4) is 6.07 Å². The molecule has 4 atom stereocenters. The summed E-state index contributed by atoms with van der Waals surface area (Å²) >= 11 is 12.3. The fourth-order valence-corrected chi connectivity index (χ4v) is 5.09. The van der Waals surface area contributed by atoms with Crippen LogP contribution in [0.15, 0.2) is 66.7 Å². The van der Waals surface area contributed by atoms with Crippen molar-refractivity contribution < 1.29 is 23.8 Å². The lowest BCUT2D eigenvalue weighted by Gasteiger charge is -2.47. The predicted molar refractivity (Wildman–Crippen MR) is 141 cm³/mol. The number of rotatable bonds is 8. The summed E-state index contributed by atoms with van der Waals surface area (Å²) in [5, 5.41) is 20.7. The minimum absolute atomic E-state index is 0.0333.